The van der Waals surface area contributed by atoms with Crippen LogP contribution in [0.25, 0.3) is 22.0 Å². The second-order valence-electron chi connectivity index (χ2n) is 8.97. The van der Waals surface area contributed by atoms with E-state index in [0.717, 1.165) is 53.5 Å². The Morgan fingerprint density at radius 2 is 1.62 bits per heavy atom. The van der Waals surface area contributed by atoms with E-state index in [4.69, 9.17) is 16.7 Å². The number of fused-ring (bicyclic) bond motifs is 1. The molecule has 1 unspecified atom stereocenters. The molecule has 3 aromatic carbocycles. The van der Waals surface area contributed by atoms with Crippen LogP contribution in [0.2, 0.25) is 5.02 Å². The van der Waals surface area contributed by atoms with Gasteiger partial charge in [0.2, 0.25) is 0 Å². The third kappa shape index (κ3) is 4.36. The van der Waals surface area contributed by atoms with Crippen LogP contribution in [0.4, 0.5) is 0 Å². The van der Waals surface area contributed by atoms with Gasteiger partial charge >= 0.3 is 5.97 Å². The molecular weight excluding hydrogens is 448 g/mol. The van der Waals surface area contributed by atoms with Crippen LogP contribution in [0.15, 0.2) is 77.6 Å². The molecule has 1 N–H and O–H groups in total. The van der Waals surface area contributed by atoms with Crippen molar-refractivity contribution in [2.75, 3.05) is 0 Å². The highest BCUT2D eigenvalue weighted by Gasteiger charge is 2.31. The Morgan fingerprint density at radius 1 is 0.971 bits per heavy atom. The van der Waals surface area contributed by atoms with E-state index in [2.05, 4.69) is 0 Å². The Labute approximate surface area is 202 Å². The van der Waals surface area contributed by atoms with Gasteiger partial charge in [-0.1, -0.05) is 79.0 Å². The van der Waals surface area contributed by atoms with Crippen molar-refractivity contribution in [1.29, 1.82) is 0 Å². The SMILES string of the molecule is O=C(O)C(c1ccc(Cn2nc(-c3ccc(Cl)cc3)c3ccccc3c2=O)cc1)C1CCCC1. The average molecular weight is 473 g/mol. The first-order valence-corrected chi connectivity index (χ1v) is 12.0. The van der Waals surface area contributed by atoms with Gasteiger partial charge in [-0.2, -0.15) is 5.10 Å². The molecule has 1 atom stereocenters. The molecule has 0 bridgehead atoms. The smallest absolute Gasteiger partial charge is 0.311 e. The molecular formula is C28H25ClN2O3. The molecule has 6 heteroatoms. The van der Waals surface area contributed by atoms with Crippen LogP contribution in [0.1, 0.15) is 42.7 Å². The highest BCUT2D eigenvalue weighted by molar-refractivity contribution is 6.30. The van der Waals surface area contributed by atoms with Crippen molar-refractivity contribution in [3.63, 3.8) is 0 Å². The number of hydrogen-bond acceptors (Lipinski definition) is 3. The number of carboxylic acids is 1. The molecule has 5 rings (SSSR count). The van der Waals surface area contributed by atoms with E-state index in [-0.39, 0.29) is 11.5 Å². The minimum absolute atomic E-state index is 0.160. The van der Waals surface area contributed by atoms with E-state index in [0.29, 0.717) is 17.0 Å². The fraction of sp³-hybridized carbons (Fsp3) is 0.250. The molecule has 1 aromatic heterocycles. The Bertz CT molecular complexity index is 1390. The molecule has 1 saturated carbocycles. The van der Waals surface area contributed by atoms with Gasteiger partial charge < -0.3 is 5.11 Å². The first-order valence-electron chi connectivity index (χ1n) is 11.6. The lowest BCUT2D eigenvalue weighted by atomic mass is 9.84. The third-order valence-electron chi connectivity index (χ3n) is 6.79. The predicted molar refractivity (Wildman–Crippen MR) is 134 cm³/mol. The molecule has 0 saturated heterocycles. The summed E-state index contributed by atoms with van der Waals surface area (Å²) in [5.41, 5.74) is 3.16. The Kier molecular flexibility index (Phi) is 6.20. The van der Waals surface area contributed by atoms with Gasteiger partial charge in [0, 0.05) is 16.0 Å². The summed E-state index contributed by atoms with van der Waals surface area (Å²) in [4.78, 5) is 25.2. The highest BCUT2D eigenvalue weighted by Crippen LogP contribution is 2.37. The number of carboxylic acid groups (broad SMARTS) is 1. The zero-order chi connectivity index (χ0) is 23.7. The first-order chi connectivity index (χ1) is 16.5. The Morgan fingerprint density at radius 3 is 2.26 bits per heavy atom. The summed E-state index contributed by atoms with van der Waals surface area (Å²) in [6.07, 6.45) is 4.11. The number of hydrogen-bond donors (Lipinski definition) is 1. The maximum Gasteiger partial charge on any atom is 0.311 e. The number of carbonyl (C=O) groups is 1. The lowest BCUT2D eigenvalue weighted by molar-refractivity contribution is -0.140. The van der Waals surface area contributed by atoms with Crippen molar-refractivity contribution in [1.82, 2.24) is 9.78 Å². The highest BCUT2D eigenvalue weighted by atomic mass is 35.5. The topological polar surface area (TPSA) is 72.2 Å². The molecule has 0 spiro atoms. The molecule has 1 aliphatic carbocycles. The largest absolute Gasteiger partial charge is 0.481 e. The molecule has 4 aromatic rings. The van der Waals surface area contributed by atoms with Gasteiger partial charge in [-0.15, -0.1) is 0 Å². The number of benzene rings is 3. The second kappa shape index (κ2) is 9.43. The molecule has 5 nitrogen and oxygen atoms in total. The van der Waals surface area contributed by atoms with Crippen LogP contribution in [0, 0.1) is 5.92 Å². The normalized spacial score (nSPS) is 15.0. The molecule has 0 radical (unpaired) electrons. The number of nitrogens with zero attached hydrogens (tertiary/aromatic N) is 2. The minimum Gasteiger partial charge on any atom is -0.481 e. The van der Waals surface area contributed by atoms with E-state index >= 15 is 0 Å². The molecule has 0 amide bonds. The van der Waals surface area contributed by atoms with E-state index in [1.807, 2.05) is 72.8 Å². The van der Waals surface area contributed by atoms with Gasteiger partial charge in [0.1, 0.15) is 0 Å². The van der Waals surface area contributed by atoms with Crippen molar-refractivity contribution in [3.05, 3.63) is 99.3 Å². The molecule has 1 heterocycles. The van der Waals surface area contributed by atoms with Crippen molar-refractivity contribution in [2.45, 2.75) is 38.1 Å². The quantitative estimate of drug-likeness (QED) is 0.366. The lowest BCUT2D eigenvalue weighted by Crippen LogP contribution is -2.24. The molecule has 1 aliphatic rings. The van der Waals surface area contributed by atoms with Crippen LogP contribution < -0.4 is 5.56 Å². The minimum atomic E-state index is -0.764. The monoisotopic (exact) mass is 472 g/mol. The van der Waals surface area contributed by atoms with Crippen molar-refractivity contribution in [2.24, 2.45) is 5.92 Å². The van der Waals surface area contributed by atoms with Crippen LogP contribution in [-0.4, -0.2) is 20.9 Å². The van der Waals surface area contributed by atoms with Gasteiger partial charge in [0.25, 0.3) is 5.56 Å². The van der Waals surface area contributed by atoms with Crippen LogP contribution in [0.3, 0.4) is 0 Å². The zero-order valence-electron chi connectivity index (χ0n) is 18.7. The summed E-state index contributed by atoms with van der Waals surface area (Å²) in [5, 5.41) is 16.6. The molecule has 0 aliphatic heterocycles. The summed E-state index contributed by atoms with van der Waals surface area (Å²) in [7, 11) is 0. The third-order valence-corrected chi connectivity index (χ3v) is 7.05. The fourth-order valence-corrected chi connectivity index (χ4v) is 5.20. The number of rotatable bonds is 6. The van der Waals surface area contributed by atoms with Gasteiger partial charge in [-0.05, 0) is 48.1 Å². The van der Waals surface area contributed by atoms with Crippen molar-refractivity contribution >= 4 is 28.3 Å². The van der Waals surface area contributed by atoms with Crippen LogP contribution in [-0.2, 0) is 11.3 Å². The summed E-state index contributed by atoms with van der Waals surface area (Å²) < 4.78 is 1.48. The maximum atomic E-state index is 13.2. The number of halogens is 1. The van der Waals surface area contributed by atoms with Crippen molar-refractivity contribution < 1.29 is 9.90 Å². The summed E-state index contributed by atoms with van der Waals surface area (Å²) in [6.45, 7) is 0.297. The maximum absolute atomic E-state index is 13.2. The standard InChI is InChI=1S/C28H25ClN2O3/c29-22-15-13-21(14-16-22)26-23-7-3-4-8-24(23)27(32)31(30-26)17-18-9-11-20(12-10-18)25(28(33)34)19-5-1-2-6-19/h3-4,7-16,19,25H,1-2,5-6,17H2,(H,33,34). The van der Waals surface area contributed by atoms with Gasteiger partial charge in [-0.25, -0.2) is 4.68 Å². The Hall–Kier alpha value is -3.44. The predicted octanol–water partition coefficient (Wildman–Crippen LogP) is 6.12. The zero-order valence-corrected chi connectivity index (χ0v) is 19.4. The van der Waals surface area contributed by atoms with E-state index < -0.39 is 11.9 Å². The van der Waals surface area contributed by atoms with Crippen LogP contribution in [0.5, 0.6) is 0 Å². The average Bonchev–Trinajstić information content (AvgIpc) is 3.37. The molecule has 172 valence electrons. The van der Waals surface area contributed by atoms with E-state index in [1.165, 1.54) is 4.68 Å². The molecule has 1 fully saturated rings. The number of aromatic nitrogens is 2. The van der Waals surface area contributed by atoms with E-state index in [9.17, 15) is 14.7 Å². The van der Waals surface area contributed by atoms with Gasteiger partial charge in [-0.3, -0.25) is 9.59 Å². The summed E-state index contributed by atoms with van der Waals surface area (Å²) in [5.74, 6) is -1.05. The fourth-order valence-electron chi connectivity index (χ4n) is 5.07. The molecule has 34 heavy (non-hydrogen) atoms. The lowest BCUT2D eigenvalue weighted by Gasteiger charge is -2.20. The van der Waals surface area contributed by atoms with E-state index in [1.54, 1.807) is 0 Å². The van der Waals surface area contributed by atoms with Gasteiger partial charge in [0.05, 0.1) is 23.5 Å². The Balaban J connectivity index is 1.50. The summed E-state index contributed by atoms with van der Waals surface area (Å²) in [6, 6.07) is 22.5. The second-order valence-corrected chi connectivity index (χ2v) is 9.40. The van der Waals surface area contributed by atoms with Crippen molar-refractivity contribution in [3.8, 4) is 11.3 Å². The van der Waals surface area contributed by atoms with Gasteiger partial charge in [0.15, 0.2) is 0 Å². The number of aliphatic carboxylic acids is 1. The summed E-state index contributed by atoms with van der Waals surface area (Å²) >= 11 is 6.06. The van der Waals surface area contributed by atoms with Crippen LogP contribution >= 0.6 is 11.6 Å². The first kappa shape index (κ1) is 22.4.